The number of rotatable bonds is 9. The number of hydrogen-bond donors (Lipinski definition) is 2. The van der Waals surface area contributed by atoms with Gasteiger partial charge in [-0.05, 0) is 86.1 Å². The van der Waals surface area contributed by atoms with Crippen LogP contribution in [0.4, 0.5) is 0 Å². The molecule has 9 heteroatoms. The van der Waals surface area contributed by atoms with Crippen molar-refractivity contribution in [2.45, 2.75) is 101 Å². The zero-order chi connectivity index (χ0) is 29.4. The van der Waals surface area contributed by atoms with Gasteiger partial charge >= 0.3 is 5.97 Å². The molecule has 5 atom stereocenters. The molecule has 7 rings (SSSR count). The Morgan fingerprint density at radius 2 is 1.90 bits per heavy atom. The van der Waals surface area contributed by atoms with Gasteiger partial charge in [0.15, 0.2) is 11.5 Å². The second-order valence-corrected chi connectivity index (χ2v) is 15.5. The van der Waals surface area contributed by atoms with E-state index in [0.29, 0.717) is 49.0 Å². The van der Waals surface area contributed by atoms with Crippen LogP contribution in [0.3, 0.4) is 0 Å². The number of likely N-dealkylation sites (tertiary alicyclic amines) is 1. The number of esters is 1. The zero-order valence-corrected chi connectivity index (χ0v) is 25.6. The van der Waals surface area contributed by atoms with Crippen molar-refractivity contribution in [1.29, 1.82) is 0 Å². The van der Waals surface area contributed by atoms with Gasteiger partial charge in [0.25, 0.3) is 0 Å². The highest BCUT2D eigenvalue weighted by molar-refractivity contribution is 7.88. The Balaban J connectivity index is 1.25. The van der Waals surface area contributed by atoms with Crippen LogP contribution in [0.15, 0.2) is 36.4 Å². The van der Waals surface area contributed by atoms with Crippen molar-refractivity contribution in [1.82, 2.24) is 9.62 Å². The van der Waals surface area contributed by atoms with Gasteiger partial charge in [0.2, 0.25) is 10.0 Å². The van der Waals surface area contributed by atoms with Gasteiger partial charge in [0.05, 0.1) is 22.8 Å². The summed E-state index contributed by atoms with van der Waals surface area (Å²) in [6.07, 6.45) is 5.01. The predicted molar refractivity (Wildman–Crippen MR) is 159 cm³/mol. The molecular weight excluding hydrogens is 552 g/mol. The Bertz CT molecular complexity index is 1520. The number of carbonyl (C=O) groups is 1. The van der Waals surface area contributed by atoms with E-state index < -0.39 is 39.2 Å². The SMILES string of the molecule is CC(=O)Oc1ccc2c3c1O[C@H]1[C@H](NS(=O)(=O)Cc4ccccc4CC(C)C)CC[C@@]4(O)[C@@H](C2)N(CC2CC2)CC[C@]314. The Labute approximate surface area is 248 Å². The van der Waals surface area contributed by atoms with Crippen LogP contribution in [0.2, 0.25) is 0 Å². The molecule has 5 aliphatic rings. The van der Waals surface area contributed by atoms with Crippen molar-refractivity contribution >= 4 is 16.0 Å². The highest BCUT2D eigenvalue weighted by Gasteiger charge is 2.73. The van der Waals surface area contributed by atoms with Gasteiger partial charge in [-0.2, -0.15) is 0 Å². The molecule has 226 valence electrons. The first-order valence-electron chi connectivity index (χ1n) is 15.6. The lowest BCUT2D eigenvalue weighted by atomic mass is 9.48. The fourth-order valence-corrected chi connectivity index (χ4v) is 10.1. The van der Waals surface area contributed by atoms with Crippen LogP contribution in [0, 0.1) is 11.8 Å². The quantitative estimate of drug-likeness (QED) is 0.336. The zero-order valence-electron chi connectivity index (χ0n) is 24.8. The van der Waals surface area contributed by atoms with Crippen molar-refractivity contribution in [2.75, 3.05) is 13.1 Å². The number of ether oxygens (including phenoxy) is 2. The number of carbonyl (C=O) groups excluding carboxylic acids is 1. The van der Waals surface area contributed by atoms with Gasteiger partial charge in [0.1, 0.15) is 6.10 Å². The van der Waals surface area contributed by atoms with Crippen LogP contribution in [0.5, 0.6) is 11.5 Å². The van der Waals surface area contributed by atoms with E-state index >= 15 is 0 Å². The third-order valence-electron chi connectivity index (χ3n) is 10.4. The average molecular weight is 595 g/mol. The summed E-state index contributed by atoms with van der Waals surface area (Å²) in [6, 6.07) is 11.0. The molecule has 3 fully saturated rings. The number of nitrogens with zero attached hydrogens (tertiary/aromatic N) is 1. The summed E-state index contributed by atoms with van der Waals surface area (Å²) in [5.41, 5.74) is 2.03. The Morgan fingerprint density at radius 1 is 1.14 bits per heavy atom. The van der Waals surface area contributed by atoms with Crippen LogP contribution in [0.1, 0.15) is 75.1 Å². The third-order valence-corrected chi connectivity index (χ3v) is 11.8. The molecule has 2 heterocycles. The molecule has 2 aliphatic heterocycles. The monoisotopic (exact) mass is 594 g/mol. The number of benzene rings is 2. The van der Waals surface area contributed by atoms with Gasteiger partial charge in [-0.15, -0.1) is 0 Å². The van der Waals surface area contributed by atoms with Crippen LogP contribution >= 0.6 is 0 Å². The number of nitrogens with one attached hydrogen (secondary N) is 1. The van der Waals surface area contributed by atoms with Gasteiger partial charge in [-0.3, -0.25) is 9.69 Å². The van der Waals surface area contributed by atoms with Crippen molar-refractivity contribution in [3.8, 4) is 11.5 Å². The highest BCUT2D eigenvalue weighted by Crippen LogP contribution is 2.65. The molecule has 1 spiro atoms. The lowest BCUT2D eigenvalue weighted by Gasteiger charge is -2.64. The predicted octanol–water partition coefficient (Wildman–Crippen LogP) is 3.86. The minimum Gasteiger partial charge on any atom is -0.483 e. The van der Waals surface area contributed by atoms with E-state index in [0.717, 1.165) is 41.8 Å². The molecule has 0 unspecified atom stereocenters. The smallest absolute Gasteiger partial charge is 0.308 e. The molecule has 8 nitrogen and oxygen atoms in total. The van der Waals surface area contributed by atoms with Gasteiger partial charge in [-0.1, -0.05) is 44.2 Å². The van der Waals surface area contributed by atoms with Crippen molar-refractivity contribution in [2.24, 2.45) is 11.8 Å². The molecule has 2 aromatic rings. The Morgan fingerprint density at radius 3 is 2.62 bits per heavy atom. The molecule has 0 aromatic heterocycles. The van der Waals surface area contributed by atoms with Crippen LogP contribution < -0.4 is 14.2 Å². The van der Waals surface area contributed by atoms with E-state index in [4.69, 9.17) is 9.47 Å². The maximum Gasteiger partial charge on any atom is 0.308 e. The molecule has 1 saturated heterocycles. The summed E-state index contributed by atoms with van der Waals surface area (Å²) in [7, 11) is -3.73. The third kappa shape index (κ3) is 4.50. The number of sulfonamides is 1. The normalized spacial score (nSPS) is 31.5. The van der Waals surface area contributed by atoms with E-state index in [2.05, 4.69) is 23.5 Å². The molecule has 0 amide bonds. The topological polar surface area (TPSA) is 105 Å². The van der Waals surface area contributed by atoms with Crippen LogP contribution in [-0.4, -0.2) is 61.3 Å². The first kappa shape index (κ1) is 28.3. The molecular formula is C33H42N2O6S. The molecule has 3 aliphatic carbocycles. The van der Waals surface area contributed by atoms with E-state index in [-0.39, 0.29) is 11.8 Å². The minimum atomic E-state index is -3.73. The van der Waals surface area contributed by atoms with Gasteiger partial charge in [0, 0.05) is 25.1 Å². The van der Waals surface area contributed by atoms with Gasteiger partial charge < -0.3 is 14.6 Å². The standard InChI is InChI=1S/C33H42N2O6S/c1-20(2)16-23-6-4-5-7-25(23)19-42(38,39)34-26-12-13-33(37)28-17-24-10-11-27(40-21(3)36)30-29(24)32(33,31(26)41-30)14-15-35(28)18-22-8-9-22/h4-7,10-11,20,22,26,28,31,34,37H,8-9,12-19H2,1-3H3/t26-,28-,31+,32+,33-/m1/s1. The molecule has 0 radical (unpaired) electrons. The first-order chi connectivity index (χ1) is 20.0. The van der Waals surface area contributed by atoms with E-state index in [1.165, 1.54) is 19.8 Å². The van der Waals surface area contributed by atoms with Crippen molar-refractivity contribution < 1.29 is 27.8 Å². The first-order valence-corrected chi connectivity index (χ1v) is 17.2. The highest BCUT2D eigenvalue weighted by atomic mass is 32.2. The van der Waals surface area contributed by atoms with E-state index in [1.54, 1.807) is 6.07 Å². The molecule has 2 bridgehead atoms. The lowest BCUT2D eigenvalue weighted by Crippen LogP contribution is -2.78. The molecule has 2 N–H and O–H groups in total. The summed E-state index contributed by atoms with van der Waals surface area (Å²) in [4.78, 5) is 14.5. The number of hydrogen-bond acceptors (Lipinski definition) is 7. The number of aliphatic hydroxyl groups is 1. The summed E-state index contributed by atoms with van der Waals surface area (Å²) < 4.78 is 42.9. The molecule has 2 aromatic carbocycles. The van der Waals surface area contributed by atoms with Crippen LogP contribution in [-0.2, 0) is 38.8 Å². The van der Waals surface area contributed by atoms with Crippen molar-refractivity contribution in [3.05, 3.63) is 58.7 Å². The molecule has 42 heavy (non-hydrogen) atoms. The largest absolute Gasteiger partial charge is 0.483 e. The van der Waals surface area contributed by atoms with Crippen molar-refractivity contribution in [3.63, 3.8) is 0 Å². The number of piperidine rings is 1. The van der Waals surface area contributed by atoms with Crippen LogP contribution in [0.25, 0.3) is 0 Å². The average Bonchev–Trinajstić information content (AvgIpc) is 3.65. The summed E-state index contributed by atoms with van der Waals surface area (Å²) in [5, 5.41) is 12.8. The lowest BCUT2D eigenvalue weighted by molar-refractivity contribution is -0.190. The van der Waals surface area contributed by atoms with E-state index in [1.807, 2.05) is 30.3 Å². The summed E-state index contributed by atoms with van der Waals surface area (Å²) >= 11 is 0. The fraction of sp³-hybridized carbons (Fsp3) is 0.606. The summed E-state index contributed by atoms with van der Waals surface area (Å²) in [6.45, 7) is 7.44. The Kier molecular flexibility index (Phi) is 6.77. The fourth-order valence-electron chi connectivity index (χ4n) is 8.64. The van der Waals surface area contributed by atoms with Gasteiger partial charge in [-0.25, -0.2) is 13.1 Å². The maximum atomic E-state index is 13.8. The minimum absolute atomic E-state index is 0.0588. The van der Waals surface area contributed by atoms with E-state index in [9.17, 15) is 18.3 Å². The second-order valence-electron chi connectivity index (χ2n) is 13.8. The maximum absolute atomic E-state index is 13.8. The Hall–Kier alpha value is -2.46. The summed E-state index contributed by atoms with van der Waals surface area (Å²) in [5.74, 6) is 1.40. The molecule has 2 saturated carbocycles. The second kappa shape index (κ2) is 10.0.